The van der Waals surface area contributed by atoms with Crippen LogP contribution in [-0.4, -0.2) is 66.8 Å². The number of amides is 1. The van der Waals surface area contributed by atoms with Crippen molar-refractivity contribution in [3.05, 3.63) is 0 Å². The van der Waals surface area contributed by atoms with Gasteiger partial charge in [0.05, 0.1) is 0 Å². The third kappa shape index (κ3) is 5.49. The third-order valence-electron chi connectivity index (χ3n) is 3.26. The zero-order chi connectivity index (χ0) is 20.1. The molecule has 0 aromatic heterocycles. The average molecular weight is 407 g/mol. The van der Waals surface area contributed by atoms with Crippen molar-refractivity contribution in [1.29, 1.82) is 0 Å². The van der Waals surface area contributed by atoms with Gasteiger partial charge in [-0.3, -0.25) is 4.79 Å². The summed E-state index contributed by atoms with van der Waals surface area (Å²) in [7, 11) is 0.537. The van der Waals surface area contributed by atoms with Crippen molar-refractivity contribution in [3.63, 3.8) is 0 Å². The number of alkyl halides is 8. The van der Waals surface area contributed by atoms with E-state index < -0.39 is 45.4 Å². The number of hydrogen-bond donors (Lipinski definition) is 1. The average Bonchev–Trinajstić information content (AvgIpc) is 2.52. The lowest BCUT2D eigenvalue weighted by atomic mass is 9.97. The Hall–Kier alpha value is -0.993. The Labute approximate surface area is 139 Å². The number of rotatable bonds is 9. The minimum absolute atomic E-state index is 0.0413. The Morgan fingerprint density at radius 1 is 1.00 bits per heavy atom. The molecule has 0 bridgehead atoms. The molecular weight excluding hydrogens is 390 g/mol. The topological polar surface area (TPSA) is 56.8 Å². The maximum atomic E-state index is 13.7. The zero-order valence-corrected chi connectivity index (χ0v) is 14.4. The second kappa shape index (κ2) is 8.59. The zero-order valence-electron chi connectivity index (χ0n) is 13.4. The molecule has 150 valence electrons. The number of hydrogen-bond acceptors (Lipinski definition) is 4. The summed E-state index contributed by atoms with van der Waals surface area (Å²) in [6, 6.07) is -0.0413. The first-order valence-electron chi connectivity index (χ1n) is 6.62. The molecule has 2 atom stereocenters. The summed E-state index contributed by atoms with van der Waals surface area (Å²) in [5.74, 6) is -2.77. The fraction of sp³-hybridized carbons (Fsp3) is 0.909. The van der Waals surface area contributed by atoms with E-state index in [0.29, 0.717) is 0 Å². The van der Waals surface area contributed by atoms with Crippen molar-refractivity contribution in [2.45, 2.75) is 36.7 Å². The molecule has 0 saturated heterocycles. The summed E-state index contributed by atoms with van der Waals surface area (Å²) in [5, 5.41) is 1.31. The van der Waals surface area contributed by atoms with E-state index in [1.54, 1.807) is 0 Å². The molecule has 0 spiro atoms. The number of carbonyl (C=O) groups excluding carboxylic acids is 1. The first-order chi connectivity index (χ1) is 11.2. The van der Waals surface area contributed by atoms with Gasteiger partial charge in [0.15, 0.2) is 0 Å². The number of halogens is 8. The molecule has 0 aliphatic carbocycles. The lowest BCUT2D eigenvalue weighted by Crippen LogP contribution is -2.63. The summed E-state index contributed by atoms with van der Waals surface area (Å²) < 4.78 is 116. The van der Waals surface area contributed by atoms with Crippen LogP contribution < -0.4 is 5.32 Å². The molecule has 0 saturated carbocycles. The monoisotopic (exact) mass is 407 g/mol. The lowest BCUT2D eigenvalue weighted by molar-refractivity contribution is -0.291. The van der Waals surface area contributed by atoms with Crippen LogP contribution in [0.2, 0.25) is 6.04 Å². The minimum Gasteiger partial charge on any atom is -0.377 e. The summed E-state index contributed by atoms with van der Waals surface area (Å²) in [6.45, 7) is -0.685. The van der Waals surface area contributed by atoms with Crippen LogP contribution in [0.5, 0.6) is 0 Å². The highest BCUT2D eigenvalue weighted by Gasteiger charge is 2.73. The van der Waals surface area contributed by atoms with Crippen LogP contribution in [0.1, 0.15) is 6.42 Å². The second-order valence-electron chi connectivity index (χ2n) is 4.77. The smallest absolute Gasteiger partial charge is 0.377 e. The summed E-state index contributed by atoms with van der Waals surface area (Å²) in [4.78, 5) is 11.3. The van der Waals surface area contributed by atoms with Gasteiger partial charge in [0.1, 0.15) is 0 Å². The van der Waals surface area contributed by atoms with Crippen LogP contribution in [0, 0.1) is 0 Å². The molecule has 14 heteroatoms. The molecule has 1 amide bonds. The van der Waals surface area contributed by atoms with Gasteiger partial charge in [0.25, 0.3) is 5.91 Å². The predicted octanol–water partition coefficient (Wildman–Crippen LogP) is 2.54. The quantitative estimate of drug-likeness (QED) is 0.363. The molecule has 25 heavy (non-hydrogen) atoms. The van der Waals surface area contributed by atoms with Gasteiger partial charge in [-0.25, -0.2) is 8.78 Å². The first-order valence-corrected chi connectivity index (χ1v) is 8.55. The van der Waals surface area contributed by atoms with Crippen molar-refractivity contribution in [2.24, 2.45) is 0 Å². The molecule has 0 rings (SSSR count). The standard InChI is InChI=1S/C11H17F8NO4Si/c1-22-25(23-2,24-3)6-4-5-20-8(21)9(13,11(17,18)19)7(12)10(14,15)16/h7H,4-6H2,1-3H3,(H,20,21). The van der Waals surface area contributed by atoms with E-state index in [2.05, 4.69) is 0 Å². The third-order valence-corrected chi connectivity index (χ3v) is 6.09. The fourth-order valence-corrected chi connectivity index (χ4v) is 3.53. The SMILES string of the molecule is CO[Si](CCCNC(=O)C(F)(C(F)C(F)(F)F)C(F)(F)F)(OC)OC. The highest BCUT2D eigenvalue weighted by Crippen LogP contribution is 2.44. The van der Waals surface area contributed by atoms with Gasteiger partial charge in [-0.1, -0.05) is 0 Å². The molecule has 0 aromatic carbocycles. The molecule has 0 heterocycles. The summed E-state index contributed by atoms with van der Waals surface area (Å²) in [5.41, 5.74) is -5.76. The van der Waals surface area contributed by atoms with Crippen LogP contribution in [-0.2, 0) is 18.1 Å². The maximum absolute atomic E-state index is 13.7. The predicted molar refractivity (Wildman–Crippen MR) is 70.1 cm³/mol. The molecule has 0 fully saturated rings. The van der Waals surface area contributed by atoms with Crippen LogP contribution in [0.15, 0.2) is 0 Å². The van der Waals surface area contributed by atoms with E-state index >= 15 is 0 Å². The second-order valence-corrected chi connectivity index (χ2v) is 7.86. The molecule has 0 aromatic rings. The van der Waals surface area contributed by atoms with Crippen molar-refractivity contribution in [1.82, 2.24) is 5.32 Å². The molecule has 2 unspecified atom stereocenters. The van der Waals surface area contributed by atoms with Crippen LogP contribution in [0.3, 0.4) is 0 Å². The van der Waals surface area contributed by atoms with Gasteiger partial charge in [0, 0.05) is 33.9 Å². The van der Waals surface area contributed by atoms with Gasteiger partial charge in [-0.15, -0.1) is 0 Å². The van der Waals surface area contributed by atoms with Crippen molar-refractivity contribution in [2.75, 3.05) is 27.9 Å². The highest BCUT2D eigenvalue weighted by molar-refractivity contribution is 6.60. The van der Waals surface area contributed by atoms with E-state index in [9.17, 15) is 39.9 Å². The van der Waals surface area contributed by atoms with Gasteiger partial charge in [-0.2, -0.15) is 26.3 Å². The molecular formula is C11H17F8NO4Si. The molecule has 0 aliphatic heterocycles. The van der Waals surface area contributed by atoms with Gasteiger partial charge in [0.2, 0.25) is 6.17 Å². The van der Waals surface area contributed by atoms with E-state index in [1.165, 1.54) is 26.6 Å². The number of nitrogens with one attached hydrogen (secondary N) is 1. The van der Waals surface area contributed by atoms with Gasteiger partial charge in [-0.05, 0) is 6.42 Å². The van der Waals surface area contributed by atoms with E-state index in [-0.39, 0.29) is 12.5 Å². The Morgan fingerprint density at radius 2 is 1.44 bits per heavy atom. The highest BCUT2D eigenvalue weighted by atomic mass is 28.4. The number of carbonyl (C=O) groups is 1. The van der Waals surface area contributed by atoms with Crippen LogP contribution >= 0.6 is 0 Å². The van der Waals surface area contributed by atoms with Crippen LogP contribution in [0.4, 0.5) is 35.1 Å². The van der Waals surface area contributed by atoms with E-state index in [0.717, 1.165) is 0 Å². The van der Waals surface area contributed by atoms with E-state index in [1.807, 2.05) is 0 Å². The normalized spacial score (nSPS) is 17.1. The van der Waals surface area contributed by atoms with Crippen LogP contribution in [0.25, 0.3) is 0 Å². The Kier molecular flexibility index (Phi) is 8.25. The lowest BCUT2D eigenvalue weighted by Gasteiger charge is -2.30. The first kappa shape index (κ1) is 24.0. The Morgan fingerprint density at radius 3 is 1.76 bits per heavy atom. The Balaban J connectivity index is 5.04. The largest absolute Gasteiger partial charge is 0.500 e. The van der Waals surface area contributed by atoms with Crippen molar-refractivity contribution >= 4 is 14.7 Å². The van der Waals surface area contributed by atoms with E-state index in [4.69, 9.17) is 13.3 Å². The molecule has 1 N–H and O–H groups in total. The Bertz CT molecular complexity index is 435. The summed E-state index contributed by atoms with van der Waals surface area (Å²) in [6.07, 6.45) is -17.9. The van der Waals surface area contributed by atoms with Gasteiger partial charge < -0.3 is 18.6 Å². The molecule has 5 nitrogen and oxygen atoms in total. The van der Waals surface area contributed by atoms with Crippen molar-refractivity contribution < 1.29 is 53.2 Å². The minimum atomic E-state index is -6.41. The maximum Gasteiger partial charge on any atom is 0.500 e. The van der Waals surface area contributed by atoms with Gasteiger partial charge >= 0.3 is 26.8 Å². The molecule has 0 aliphatic rings. The van der Waals surface area contributed by atoms with Crippen molar-refractivity contribution in [3.8, 4) is 0 Å². The molecule has 0 radical (unpaired) electrons. The summed E-state index contributed by atoms with van der Waals surface area (Å²) >= 11 is 0. The fourth-order valence-electron chi connectivity index (χ4n) is 1.80.